The molecule has 202 valence electrons. The molecule has 3 heterocycles. The molecule has 7 nitrogen and oxygen atoms in total. The Morgan fingerprint density at radius 3 is 2.36 bits per heavy atom. The Balaban J connectivity index is 0.00000176. The monoisotopic (exact) mass is 517 g/mol. The third-order valence-electron chi connectivity index (χ3n) is 6.83. The maximum Gasteiger partial charge on any atom is 0.225 e. The highest BCUT2D eigenvalue weighted by molar-refractivity contribution is 7.98. The van der Waals surface area contributed by atoms with Crippen LogP contribution in [0.2, 0.25) is 0 Å². The van der Waals surface area contributed by atoms with Crippen LogP contribution in [0.3, 0.4) is 0 Å². The SMILES string of the molecule is CC.CC(C)C(=O)N1CCN(SN(C)c2ccc3c(c2)nc(C(C)(C)C)n3CC2CCOCC2)CC1. The predicted molar refractivity (Wildman–Crippen MR) is 152 cm³/mol. The Labute approximate surface area is 222 Å². The van der Waals surface area contributed by atoms with Crippen LogP contribution in [0.25, 0.3) is 11.0 Å². The van der Waals surface area contributed by atoms with Crippen molar-refractivity contribution >= 4 is 34.8 Å². The molecule has 8 heteroatoms. The molecule has 0 bridgehead atoms. The fourth-order valence-corrected chi connectivity index (χ4v) is 5.72. The van der Waals surface area contributed by atoms with Gasteiger partial charge in [-0.05, 0) is 37.0 Å². The summed E-state index contributed by atoms with van der Waals surface area (Å²) in [6.45, 7) is 20.8. The first-order chi connectivity index (χ1) is 17.1. The van der Waals surface area contributed by atoms with E-state index in [4.69, 9.17) is 9.72 Å². The highest BCUT2D eigenvalue weighted by Gasteiger charge is 2.27. The maximum atomic E-state index is 12.3. The van der Waals surface area contributed by atoms with Gasteiger partial charge in [0.2, 0.25) is 5.91 Å². The number of nitrogens with zero attached hydrogens (tertiary/aromatic N) is 5. The number of carbonyl (C=O) groups is 1. The van der Waals surface area contributed by atoms with Gasteiger partial charge in [-0.15, -0.1) is 0 Å². The van der Waals surface area contributed by atoms with Gasteiger partial charge in [0, 0.05) is 76.5 Å². The summed E-state index contributed by atoms with van der Waals surface area (Å²) in [5.41, 5.74) is 3.42. The van der Waals surface area contributed by atoms with Crippen molar-refractivity contribution in [2.24, 2.45) is 11.8 Å². The first kappa shape index (κ1) is 28.8. The van der Waals surface area contributed by atoms with E-state index in [0.717, 1.165) is 75.8 Å². The van der Waals surface area contributed by atoms with E-state index in [0.29, 0.717) is 5.92 Å². The van der Waals surface area contributed by atoms with Crippen LogP contribution in [0.1, 0.15) is 67.1 Å². The van der Waals surface area contributed by atoms with E-state index >= 15 is 0 Å². The van der Waals surface area contributed by atoms with Crippen molar-refractivity contribution in [3.63, 3.8) is 0 Å². The molecule has 0 N–H and O–H groups in total. The Hall–Kier alpha value is -1.77. The fraction of sp³-hybridized carbons (Fsp3) is 0.714. The van der Waals surface area contributed by atoms with Crippen LogP contribution in [-0.4, -0.2) is 71.1 Å². The van der Waals surface area contributed by atoms with Crippen molar-refractivity contribution < 1.29 is 9.53 Å². The summed E-state index contributed by atoms with van der Waals surface area (Å²) in [6.07, 6.45) is 2.24. The first-order valence-corrected chi connectivity index (χ1v) is 14.4. The Kier molecular flexibility index (Phi) is 10.1. The molecule has 4 rings (SSSR count). The van der Waals surface area contributed by atoms with Crippen LogP contribution < -0.4 is 4.31 Å². The molecule has 1 amide bonds. The molecule has 0 radical (unpaired) electrons. The van der Waals surface area contributed by atoms with E-state index in [-0.39, 0.29) is 17.2 Å². The maximum absolute atomic E-state index is 12.3. The summed E-state index contributed by atoms with van der Waals surface area (Å²) in [6, 6.07) is 6.67. The number of imidazole rings is 1. The zero-order chi connectivity index (χ0) is 26.5. The summed E-state index contributed by atoms with van der Waals surface area (Å²) in [5, 5.41) is 0. The number of rotatable bonds is 6. The van der Waals surface area contributed by atoms with Crippen molar-refractivity contribution in [3.8, 4) is 0 Å². The molecule has 2 aliphatic heterocycles. The second-order valence-corrected chi connectivity index (χ2v) is 12.2. The number of piperazine rings is 1. The molecule has 1 aromatic heterocycles. The number of carbonyl (C=O) groups excluding carboxylic acids is 1. The zero-order valence-corrected chi connectivity index (χ0v) is 24.5. The number of hydrogen-bond donors (Lipinski definition) is 0. The van der Waals surface area contributed by atoms with Crippen LogP contribution in [0.15, 0.2) is 18.2 Å². The summed E-state index contributed by atoms with van der Waals surface area (Å²) < 4.78 is 12.6. The van der Waals surface area contributed by atoms with Crippen molar-refractivity contribution in [2.75, 3.05) is 50.7 Å². The number of benzene rings is 1. The van der Waals surface area contributed by atoms with Crippen LogP contribution in [0, 0.1) is 11.8 Å². The quantitative estimate of drug-likeness (QED) is 0.466. The van der Waals surface area contributed by atoms with Crippen LogP contribution in [0.5, 0.6) is 0 Å². The smallest absolute Gasteiger partial charge is 0.225 e. The second-order valence-electron chi connectivity index (χ2n) is 11.0. The number of ether oxygens (including phenoxy) is 1. The largest absolute Gasteiger partial charge is 0.381 e. The van der Waals surface area contributed by atoms with Crippen LogP contribution >= 0.6 is 12.1 Å². The van der Waals surface area contributed by atoms with Crippen LogP contribution in [-0.2, 0) is 21.5 Å². The molecule has 0 atom stereocenters. The average molecular weight is 518 g/mol. The third kappa shape index (κ3) is 6.95. The van der Waals surface area contributed by atoms with Gasteiger partial charge in [-0.1, -0.05) is 48.5 Å². The molecule has 1 aromatic carbocycles. The number of hydrogen-bond acceptors (Lipinski definition) is 6. The highest BCUT2D eigenvalue weighted by Crippen LogP contribution is 2.32. The normalized spacial score (nSPS) is 17.9. The van der Waals surface area contributed by atoms with Gasteiger partial charge in [0.15, 0.2) is 0 Å². The molecule has 2 aliphatic rings. The minimum atomic E-state index is -0.0158. The van der Waals surface area contributed by atoms with E-state index in [1.54, 1.807) is 12.1 Å². The van der Waals surface area contributed by atoms with E-state index in [2.05, 4.69) is 59.2 Å². The molecule has 2 aromatic rings. The summed E-state index contributed by atoms with van der Waals surface area (Å²) in [7, 11) is 2.11. The Bertz CT molecular complexity index is 986. The fourth-order valence-electron chi connectivity index (χ4n) is 4.83. The topological polar surface area (TPSA) is 53.8 Å². The van der Waals surface area contributed by atoms with Gasteiger partial charge in [-0.25, -0.2) is 9.29 Å². The van der Waals surface area contributed by atoms with Gasteiger partial charge in [0.1, 0.15) is 5.82 Å². The van der Waals surface area contributed by atoms with Gasteiger partial charge < -0.3 is 18.5 Å². The highest BCUT2D eigenvalue weighted by atomic mass is 32.2. The number of amides is 1. The minimum absolute atomic E-state index is 0.0158. The lowest BCUT2D eigenvalue weighted by molar-refractivity contribution is -0.135. The van der Waals surface area contributed by atoms with E-state index in [1.807, 2.05) is 32.6 Å². The van der Waals surface area contributed by atoms with E-state index < -0.39 is 0 Å². The summed E-state index contributed by atoms with van der Waals surface area (Å²) in [4.78, 5) is 19.4. The van der Waals surface area contributed by atoms with Crippen molar-refractivity contribution in [2.45, 2.75) is 73.3 Å². The Morgan fingerprint density at radius 2 is 1.78 bits per heavy atom. The van der Waals surface area contributed by atoms with Crippen LogP contribution in [0.4, 0.5) is 5.69 Å². The lowest BCUT2D eigenvalue weighted by Crippen LogP contribution is -2.48. The second kappa shape index (κ2) is 12.7. The van der Waals surface area contributed by atoms with Gasteiger partial charge in [-0.3, -0.25) is 4.79 Å². The summed E-state index contributed by atoms with van der Waals surface area (Å²) >= 11 is 1.73. The van der Waals surface area contributed by atoms with Crippen molar-refractivity contribution in [1.29, 1.82) is 0 Å². The molecule has 2 saturated heterocycles. The molecule has 0 aliphatic carbocycles. The minimum Gasteiger partial charge on any atom is -0.381 e. The molecular formula is C28H47N5O2S. The lowest BCUT2D eigenvalue weighted by Gasteiger charge is -2.36. The zero-order valence-electron chi connectivity index (χ0n) is 23.7. The Morgan fingerprint density at radius 1 is 1.14 bits per heavy atom. The summed E-state index contributed by atoms with van der Waals surface area (Å²) in [5.74, 6) is 2.13. The predicted octanol–water partition coefficient (Wildman–Crippen LogP) is 5.59. The molecule has 2 fully saturated rings. The molecule has 0 spiro atoms. The molecule has 0 unspecified atom stereocenters. The van der Waals surface area contributed by atoms with E-state index in [9.17, 15) is 4.79 Å². The number of anilines is 1. The molecule has 36 heavy (non-hydrogen) atoms. The molecular weight excluding hydrogens is 470 g/mol. The van der Waals surface area contributed by atoms with Crippen molar-refractivity contribution in [3.05, 3.63) is 24.0 Å². The van der Waals surface area contributed by atoms with Crippen molar-refractivity contribution in [1.82, 2.24) is 18.8 Å². The average Bonchev–Trinajstić information content (AvgIpc) is 3.24. The number of aromatic nitrogens is 2. The standard InChI is InChI=1S/C26H41N5O2S.C2H6/c1-19(2)24(32)29-11-13-30(14-12-29)34-28(6)21-7-8-23-22(17-21)27-25(26(3,4)5)31(23)18-20-9-15-33-16-10-20;1-2/h7-8,17,19-20H,9-16,18H2,1-6H3;1-2H3. The first-order valence-electron chi connectivity index (χ1n) is 13.7. The van der Waals surface area contributed by atoms with Gasteiger partial charge in [0.25, 0.3) is 0 Å². The molecule has 0 saturated carbocycles. The number of fused-ring (bicyclic) bond motifs is 1. The van der Waals surface area contributed by atoms with Gasteiger partial charge >= 0.3 is 0 Å². The lowest BCUT2D eigenvalue weighted by atomic mass is 9.94. The van der Waals surface area contributed by atoms with E-state index in [1.165, 1.54) is 5.52 Å². The third-order valence-corrected chi connectivity index (χ3v) is 7.88. The van der Waals surface area contributed by atoms with Gasteiger partial charge in [-0.2, -0.15) is 0 Å². The van der Waals surface area contributed by atoms with Gasteiger partial charge in [0.05, 0.1) is 16.7 Å².